The fraction of sp³-hybridized carbons (Fsp3) is 0.0769. The van der Waals surface area contributed by atoms with Crippen molar-refractivity contribution in [1.82, 2.24) is 0 Å². The van der Waals surface area contributed by atoms with Gasteiger partial charge < -0.3 is 10.5 Å². The summed E-state index contributed by atoms with van der Waals surface area (Å²) in [7, 11) is 0. The van der Waals surface area contributed by atoms with E-state index in [2.05, 4.69) is 0 Å². The molecule has 0 saturated carbocycles. The van der Waals surface area contributed by atoms with E-state index in [0.29, 0.717) is 27.0 Å². The summed E-state index contributed by atoms with van der Waals surface area (Å²) in [5.41, 5.74) is 6.56. The van der Waals surface area contributed by atoms with E-state index in [1.165, 1.54) is 30.3 Å². The third-order valence-corrected chi connectivity index (χ3v) is 3.71. The molecule has 0 radical (unpaired) electrons. The van der Waals surface area contributed by atoms with Gasteiger partial charge in [-0.1, -0.05) is 34.8 Å². The van der Waals surface area contributed by atoms with Crippen molar-refractivity contribution in [3.05, 3.63) is 61.1 Å². The lowest BCUT2D eigenvalue weighted by molar-refractivity contribution is -0.384. The Bertz CT molecular complexity index is 707. The molecule has 0 heterocycles. The van der Waals surface area contributed by atoms with Crippen molar-refractivity contribution in [2.45, 2.75) is 6.61 Å². The number of anilines is 1. The van der Waals surface area contributed by atoms with Crippen molar-refractivity contribution in [2.75, 3.05) is 5.73 Å². The second-order valence-corrected chi connectivity index (χ2v) is 5.35. The number of nitrogen functional groups attached to an aromatic ring is 1. The molecule has 8 heteroatoms. The molecule has 0 amide bonds. The van der Waals surface area contributed by atoms with Gasteiger partial charge in [0.25, 0.3) is 5.69 Å². The van der Waals surface area contributed by atoms with Gasteiger partial charge in [0.1, 0.15) is 12.4 Å². The quantitative estimate of drug-likeness (QED) is 0.376. The maximum absolute atomic E-state index is 10.7. The van der Waals surface area contributed by atoms with E-state index in [9.17, 15) is 10.1 Å². The zero-order valence-electron chi connectivity index (χ0n) is 10.5. The van der Waals surface area contributed by atoms with Gasteiger partial charge in [0.2, 0.25) is 0 Å². The largest absolute Gasteiger partial charge is 0.487 e. The Kier molecular flexibility index (Phi) is 4.77. The lowest BCUT2D eigenvalue weighted by Crippen LogP contribution is -2.02. The normalized spacial score (nSPS) is 10.4. The molecule has 0 saturated heterocycles. The highest BCUT2D eigenvalue weighted by Crippen LogP contribution is 2.34. The van der Waals surface area contributed by atoms with Gasteiger partial charge in [-0.05, 0) is 12.1 Å². The molecular formula is C13H9Cl3N2O3. The average molecular weight is 348 g/mol. The van der Waals surface area contributed by atoms with E-state index in [1.54, 1.807) is 0 Å². The third-order valence-electron chi connectivity index (χ3n) is 2.70. The van der Waals surface area contributed by atoms with E-state index in [-0.39, 0.29) is 17.3 Å². The van der Waals surface area contributed by atoms with Gasteiger partial charge in [-0.25, -0.2) is 0 Å². The first-order chi connectivity index (χ1) is 9.88. The fourth-order valence-electron chi connectivity index (χ4n) is 1.60. The van der Waals surface area contributed by atoms with Gasteiger partial charge >= 0.3 is 0 Å². The molecule has 0 unspecified atom stereocenters. The molecule has 2 aromatic rings. The molecule has 0 aliphatic carbocycles. The highest BCUT2D eigenvalue weighted by molar-refractivity contribution is 6.43. The molecular weight excluding hydrogens is 339 g/mol. The summed E-state index contributed by atoms with van der Waals surface area (Å²) in [6.07, 6.45) is 0. The molecule has 0 aliphatic rings. The first-order valence-electron chi connectivity index (χ1n) is 5.68. The second-order valence-electron chi connectivity index (χ2n) is 4.13. The highest BCUT2D eigenvalue weighted by atomic mass is 35.5. The van der Waals surface area contributed by atoms with E-state index in [4.69, 9.17) is 45.3 Å². The molecule has 110 valence electrons. The van der Waals surface area contributed by atoms with Crippen LogP contribution in [0.25, 0.3) is 0 Å². The van der Waals surface area contributed by atoms with Crippen molar-refractivity contribution in [3.8, 4) is 5.75 Å². The van der Waals surface area contributed by atoms with Crippen molar-refractivity contribution in [2.24, 2.45) is 0 Å². The van der Waals surface area contributed by atoms with Gasteiger partial charge in [-0.3, -0.25) is 10.1 Å². The van der Waals surface area contributed by atoms with Crippen molar-refractivity contribution < 1.29 is 9.66 Å². The maximum Gasteiger partial charge on any atom is 0.269 e. The average Bonchev–Trinajstić information content (AvgIpc) is 2.42. The van der Waals surface area contributed by atoms with Crippen molar-refractivity contribution in [1.29, 1.82) is 0 Å². The topological polar surface area (TPSA) is 78.4 Å². The Morgan fingerprint density at radius 2 is 1.76 bits per heavy atom. The number of benzene rings is 2. The summed E-state index contributed by atoms with van der Waals surface area (Å²) >= 11 is 17.7. The molecule has 0 bridgehead atoms. The zero-order valence-corrected chi connectivity index (χ0v) is 12.7. The minimum Gasteiger partial charge on any atom is -0.487 e. The van der Waals surface area contributed by atoms with Crippen molar-refractivity contribution in [3.63, 3.8) is 0 Å². The SMILES string of the molecule is Nc1ccc([N+](=O)[O-])cc1COc1cc(Cl)c(Cl)cc1Cl. The first kappa shape index (κ1) is 15.7. The number of nitro groups is 1. The number of non-ortho nitro benzene ring substituents is 1. The summed E-state index contributed by atoms with van der Waals surface area (Å²) < 4.78 is 5.50. The summed E-state index contributed by atoms with van der Waals surface area (Å²) in [5.74, 6) is 0.317. The zero-order chi connectivity index (χ0) is 15.6. The van der Waals surface area contributed by atoms with Crippen LogP contribution in [0, 0.1) is 10.1 Å². The monoisotopic (exact) mass is 346 g/mol. The smallest absolute Gasteiger partial charge is 0.269 e. The van der Waals surface area contributed by atoms with Gasteiger partial charge in [0, 0.05) is 29.4 Å². The van der Waals surface area contributed by atoms with Gasteiger partial charge in [0.15, 0.2) is 0 Å². The van der Waals surface area contributed by atoms with Gasteiger partial charge in [0.05, 0.1) is 20.0 Å². The molecule has 0 aliphatic heterocycles. The van der Waals surface area contributed by atoms with Gasteiger partial charge in [-0.15, -0.1) is 0 Å². The van der Waals surface area contributed by atoms with Crippen LogP contribution in [0.3, 0.4) is 0 Å². The number of halogens is 3. The third kappa shape index (κ3) is 3.69. The van der Waals surface area contributed by atoms with Crippen molar-refractivity contribution >= 4 is 46.2 Å². The van der Waals surface area contributed by atoms with Crippen LogP contribution in [-0.2, 0) is 6.61 Å². The second kappa shape index (κ2) is 6.39. The molecule has 0 spiro atoms. The standard InChI is InChI=1S/C13H9Cl3N2O3/c14-9-4-11(16)13(5-10(9)15)21-6-7-3-8(18(19)20)1-2-12(7)17/h1-5H,6,17H2. The maximum atomic E-state index is 10.7. The number of rotatable bonds is 4. The minimum atomic E-state index is -0.505. The molecule has 2 N–H and O–H groups in total. The fourth-order valence-corrected chi connectivity index (χ4v) is 2.19. The number of nitro benzene ring substituents is 1. The summed E-state index contributed by atoms with van der Waals surface area (Å²) in [5, 5.41) is 11.6. The van der Waals surface area contributed by atoms with Crippen LogP contribution in [0.15, 0.2) is 30.3 Å². The van der Waals surface area contributed by atoms with Crippen LogP contribution in [0.2, 0.25) is 15.1 Å². The van der Waals surface area contributed by atoms with E-state index >= 15 is 0 Å². The number of nitrogens with two attached hydrogens (primary N) is 1. The number of hydrogen-bond acceptors (Lipinski definition) is 4. The minimum absolute atomic E-state index is 0.0190. The summed E-state index contributed by atoms with van der Waals surface area (Å²) in [6.45, 7) is 0.0190. The Balaban J connectivity index is 2.22. The molecule has 0 atom stereocenters. The van der Waals surface area contributed by atoms with Crippen LogP contribution >= 0.6 is 34.8 Å². The lowest BCUT2D eigenvalue weighted by atomic mass is 10.1. The molecule has 21 heavy (non-hydrogen) atoms. The van der Waals surface area contributed by atoms with Crippen LogP contribution in [0.1, 0.15) is 5.56 Å². The van der Waals surface area contributed by atoms with Crippen LogP contribution in [-0.4, -0.2) is 4.92 Å². The molecule has 0 aromatic heterocycles. The number of nitrogens with zero attached hydrogens (tertiary/aromatic N) is 1. The summed E-state index contributed by atoms with van der Waals surface area (Å²) in [6, 6.07) is 7.05. The Hall–Kier alpha value is -1.69. The molecule has 2 aromatic carbocycles. The Labute approximate surface area is 135 Å². The van der Waals surface area contributed by atoms with E-state index in [0.717, 1.165) is 0 Å². The molecule has 0 fully saturated rings. The number of ether oxygens (including phenoxy) is 1. The van der Waals surface area contributed by atoms with E-state index in [1.807, 2.05) is 0 Å². The summed E-state index contributed by atoms with van der Waals surface area (Å²) in [4.78, 5) is 10.2. The highest BCUT2D eigenvalue weighted by Gasteiger charge is 2.12. The Morgan fingerprint density at radius 3 is 2.43 bits per heavy atom. The lowest BCUT2D eigenvalue weighted by Gasteiger charge is -2.11. The number of hydrogen-bond donors (Lipinski definition) is 1. The molecule has 2 rings (SSSR count). The Morgan fingerprint density at radius 1 is 1.10 bits per heavy atom. The van der Waals surface area contributed by atoms with E-state index < -0.39 is 4.92 Å². The van der Waals surface area contributed by atoms with Gasteiger partial charge in [-0.2, -0.15) is 0 Å². The molecule has 5 nitrogen and oxygen atoms in total. The predicted molar refractivity (Wildman–Crippen MR) is 83.3 cm³/mol. The first-order valence-corrected chi connectivity index (χ1v) is 6.82. The van der Waals surface area contributed by atoms with Crippen LogP contribution in [0.5, 0.6) is 5.75 Å². The predicted octanol–water partition coefficient (Wildman–Crippen LogP) is 4.72. The van der Waals surface area contributed by atoms with Crippen LogP contribution < -0.4 is 10.5 Å². The van der Waals surface area contributed by atoms with Crippen LogP contribution in [0.4, 0.5) is 11.4 Å².